The van der Waals surface area contributed by atoms with Gasteiger partial charge in [0.15, 0.2) is 0 Å². The Balaban J connectivity index is 2.09. The molecule has 2 heterocycles. The molecule has 2 aromatic rings. The molecule has 0 saturated carbocycles. The molecule has 0 spiro atoms. The molecule has 0 radical (unpaired) electrons. The van der Waals surface area contributed by atoms with Gasteiger partial charge in [0, 0.05) is 0 Å². The van der Waals surface area contributed by atoms with Crippen molar-refractivity contribution in [3.05, 3.63) is 28.4 Å². The van der Waals surface area contributed by atoms with Crippen LogP contribution >= 0.6 is 0 Å². The van der Waals surface area contributed by atoms with Crippen molar-refractivity contribution in [1.82, 2.24) is 15.0 Å². The van der Waals surface area contributed by atoms with E-state index >= 15 is 0 Å². The Labute approximate surface area is 115 Å². The van der Waals surface area contributed by atoms with Gasteiger partial charge in [0.25, 0.3) is 0 Å². The molecule has 0 fully saturated rings. The zero-order chi connectivity index (χ0) is 13.8. The van der Waals surface area contributed by atoms with Crippen LogP contribution in [0.5, 0.6) is 0 Å². The van der Waals surface area contributed by atoms with E-state index < -0.39 is 20.8 Å². The number of aliphatic hydroxyl groups is 2. The second-order valence-electron chi connectivity index (χ2n) is 4.63. The van der Waals surface area contributed by atoms with E-state index in [4.69, 9.17) is 5.11 Å². The van der Waals surface area contributed by atoms with E-state index in [9.17, 15) is 9.90 Å². The Morgan fingerprint density at radius 3 is 3.00 bits per heavy atom. The number of hydrogen-bond acceptors (Lipinski definition) is 4. The van der Waals surface area contributed by atoms with E-state index in [-0.39, 0.29) is 12.2 Å². The van der Waals surface area contributed by atoms with Gasteiger partial charge in [-0.2, -0.15) is 0 Å². The number of aromatic amines is 2. The van der Waals surface area contributed by atoms with Crippen LogP contribution in [-0.2, 0) is 5.21 Å². The fraction of sp³-hybridized carbons (Fsp3) is 0.500. The van der Waals surface area contributed by atoms with Gasteiger partial charge in [-0.15, -0.1) is 0 Å². The van der Waals surface area contributed by atoms with Crippen LogP contribution in [0.1, 0.15) is 12.0 Å². The third-order valence-electron chi connectivity index (χ3n) is 2.97. The molecular weight excluding hydrogens is 309 g/mol. The van der Waals surface area contributed by atoms with Crippen LogP contribution in [0, 0.1) is 0 Å². The van der Waals surface area contributed by atoms with Crippen LogP contribution in [-0.4, -0.2) is 52.5 Å². The summed E-state index contributed by atoms with van der Waals surface area (Å²) in [5.74, 6) is 0. The summed E-state index contributed by atoms with van der Waals surface area (Å²) in [4.78, 5) is 21.3. The molecule has 0 saturated heterocycles. The molecule has 104 valence electrons. The zero-order valence-corrected chi connectivity index (χ0v) is 12.6. The summed E-state index contributed by atoms with van der Waals surface area (Å²) in [6, 6.07) is 0. The van der Waals surface area contributed by atoms with Gasteiger partial charge < -0.3 is 0 Å². The molecule has 2 unspecified atom stereocenters. The van der Waals surface area contributed by atoms with Crippen LogP contribution < -0.4 is 5.56 Å². The maximum absolute atomic E-state index is 11.6. The van der Waals surface area contributed by atoms with Crippen LogP contribution in [0.4, 0.5) is 0 Å². The normalized spacial score (nSPS) is 14.7. The van der Waals surface area contributed by atoms with E-state index in [2.05, 4.69) is 20.7 Å². The van der Waals surface area contributed by atoms with Crippen molar-refractivity contribution in [2.45, 2.75) is 28.7 Å². The van der Waals surface area contributed by atoms with Crippen LogP contribution in [0.15, 0.2) is 17.3 Å². The van der Waals surface area contributed by atoms with Gasteiger partial charge >= 0.3 is 115 Å². The van der Waals surface area contributed by atoms with Crippen molar-refractivity contribution in [2.75, 3.05) is 6.61 Å². The van der Waals surface area contributed by atoms with E-state index in [0.717, 1.165) is 21.5 Å². The number of aromatic nitrogens is 3. The maximum atomic E-state index is 11.6. The molecule has 0 amide bonds. The monoisotopic (exact) mass is 327 g/mol. The molecule has 2 atom stereocenters. The fourth-order valence-electron chi connectivity index (χ4n) is 2.08. The predicted molar refractivity (Wildman–Crippen MR) is 74.6 cm³/mol. The Bertz CT molecular complexity index is 595. The average molecular weight is 327 g/mol. The predicted octanol–water partition coefficient (Wildman–Crippen LogP) is 0.201. The molecule has 0 bridgehead atoms. The Morgan fingerprint density at radius 1 is 1.47 bits per heavy atom. The molecular formula is C12H18AsN3O3. The summed E-state index contributed by atoms with van der Waals surface area (Å²) in [5.41, 5.74) is 4.29. The Kier molecular flexibility index (Phi) is 4.80. The second-order valence-corrected chi connectivity index (χ2v) is 9.65. The molecule has 7 heteroatoms. The summed E-state index contributed by atoms with van der Waals surface area (Å²) in [6.45, 7) is 0.0213. The van der Waals surface area contributed by atoms with Crippen molar-refractivity contribution < 1.29 is 10.2 Å². The quantitative estimate of drug-likeness (QED) is 0.569. The Morgan fingerprint density at radius 2 is 2.26 bits per heavy atom. The number of rotatable bonds is 6. The van der Waals surface area contributed by atoms with Gasteiger partial charge in [0.05, 0.1) is 0 Å². The molecule has 0 aliphatic carbocycles. The van der Waals surface area contributed by atoms with E-state index in [1.54, 1.807) is 0 Å². The minimum atomic E-state index is -1.21. The Hall–Kier alpha value is -1.10. The third-order valence-corrected chi connectivity index (χ3v) is 7.01. The van der Waals surface area contributed by atoms with Crippen LogP contribution in [0.3, 0.4) is 0 Å². The number of aliphatic hydroxyl groups excluding tert-OH is 2. The third kappa shape index (κ3) is 3.47. The van der Waals surface area contributed by atoms with Gasteiger partial charge in [-0.05, 0) is 0 Å². The first-order valence-corrected chi connectivity index (χ1v) is 10.7. The van der Waals surface area contributed by atoms with Crippen molar-refractivity contribution in [1.29, 1.82) is 0 Å². The number of nitrogens with zero attached hydrogens (tertiary/aromatic N) is 1. The van der Waals surface area contributed by atoms with Gasteiger partial charge in [-0.25, -0.2) is 0 Å². The first kappa shape index (κ1) is 14.3. The van der Waals surface area contributed by atoms with E-state index in [1.165, 1.54) is 6.33 Å². The van der Waals surface area contributed by atoms with E-state index in [1.807, 2.05) is 6.20 Å². The molecule has 2 rings (SSSR count). The van der Waals surface area contributed by atoms with Crippen molar-refractivity contribution in [3.63, 3.8) is 0 Å². The average Bonchev–Trinajstić information content (AvgIpc) is 2.74. The summed E-state index contributed by atoms with van der Waals surface area (Å²) in [5, 5.41) is 20.1. The van der Waals surface area contributed by atoms with Gasteiger partial charge in [-0.3, -0.25) is 0 Å². The number of nitrogens with one attached hydrogen (secondary N) is 2. The molecule has 2 aromatic heterocycles. The summed E-state index contributed by atoms with van der Waals surface area (Å²) in [6.07, 6.45) is 3.26. The zero-order valence-electron chi connectivity index (χ0n) is 10.8. The summed E-state index contributed by atoms with van der Waals surface area (Å²) in [7, 11) is 0. The molecule has 0 aliphatic heterocycles. The number of H-pyrrole nitrogens is 2. The molecule has 4 N–H and O–H groups in total. The summed E-state index contributed by atoms with van der Waals surface area (Å²) >= 11 is -1.21. The molecule has 6 nitrogen and oxygen atoms in total. The second kappa shape index (κ2) is 6.37. The van der Waals surface area contributed by atoms with Gasteiger partial charge in [0.1, 0.15) is 0 Å². The van der Waals surface area contributed by atoms with Gasteiger partial charge in [0.2, 0.25) is 0 Å². The molecule has 19 heavy (non-hydrogen) atoms. The van der Waals surface area contributed by atoms with E-state index in [0.29, 0.717) is 11.9 Å². The number of hydrogen-bond donors (Lipinski definition) is 4. The van der Waals surface area contributed by atoms with Gasteiger partial charge in [-0.1, -0.05) is 0 Å². The molecule has 0 aliphatic rings. The summed E-state index contributed by atoms with van der Waals surface area (Å²) < 4.78 is 0. The fourth-order valence-corrected chi connectivity index (χ4v) is 5.97. The first-order valence-electron chi connectivity index (χ1n) is 6.13. The SMILES string of the molecule is C[As](Cc1c[nH]c2c(=O)[nH]cnc12)CC(O)CCO. The topological polar surface area (TPSA) is 102 Å². The minimum absolute atomic E-state index is 0.0213. The molecule has 0 aromatic carbocycles. The van der Waals surface area contributed by atoms with Crippen molar-refractivity contribution in [2.24, 2.45) is 0 Å². The standard InChI is InChI=1S/C12H18AsN3O3/c1-13(5-9(18)2-3-17)4-8-6-14-11-10(8)15-7-16-12(11)19/h6-7,9,14,17-18H,2-5H2,1H3,(H,15,16,19). The van der Waals surface area contributed by atoms with Crippen molar-refractivity contribution >= 4 is 25.7 Å². The van der Waals surface area contributed by atoms with Crippen molar-refractivity contribution in [3.8, 4) is 0 Å². The van der Waals surface area contributed by atoms with Crippen LogP contribution in [0.2, 0.25) is 10.9 Å². The number of fused-ring (bicyclic) bond motifs is 1. The first-order chi connectivity index (χ1) is 9.11. The van der Waals surface area contributed by atoms with Crippen LogP contribution in [0.25, 0.3) is 11.0 Å².